The van der Waals surface area contributed by atoms with Crippen molar-refractivity contribution in [2.45, 2.75) is 31.9 Å². The molecular weight excluding hydrogens is 329 g/mol. The molecule has 1 aromatic rings. The van der Waals surface area contributed by atoms with Crippen molar-refractivity contribution in [1.29, 1.82) is 5.53 Å². The second kappa shape index (κ2) is 7.47. The number of rotatable bonds is 5. The number of ether oxygens (including phenoxy) is 1. The number of aromatic nitrogens is 1. The van der Waals surface area contributed by atoms with Crippen LogP contribution in [0.15, 0.2) is 23.5 Å². The summed E-state index contributed by atoms with van der Waals surface area (Å²) >= 11 is 11.4. The lowest BCUT2D eigenvalue weighted by atomic mass is 10.1. The van der Waals surface area contributed by atoms with E-state index in [1.807, 2.05) is 0 Å². The van der Waals surface area contributed by atoms with Crippen molar-refractivity contribution in [2.24, 2.45) is 5.11 Å². The molecule has 1 rings (SSSR count). The van der Waals surface area contributed by atoms with Crippen molar-refractivity contribution in [2.75, 3.05) is 0 Å². The van der Waals surface area contributed by atoms with Gasteiger partial charge in [0.2, 0.25) is 11.3 Å². The van der Waals surface area contributed by atoms with Gasteiger partial charge in [0.15, 0.2) is 0 Å². The molecule has 0 saturated heterocycles. The Hall–Kier alpha value is -1.79. The van der Waals surface area contributed by atoms with Crippen LogP contribution in [0.5, 0.6) is 0 Å². The third kappa shape index (κ3) is 5.54. The molecular formula is C14H15Cl2N3O3. The number of nitrogens with zero attached hydrogens (tertiary/aromatic N) is 2. The molecule has 0 saturated carbocycles. The summed E-state index contributed by atoms with van der Waals surface area (Å²) in [5.74, 6) is -1.17. The summed E-state index contributed by atoms with van der Waals surface area (Å²) in [5, 5.41) is 3.06. The molecule has 0 aliphatic carbocycles. The van der Waals surface area contributed by atoms with Crippen molar-refractivity contribution < 1.29 is 14.3 Å². The lowest BCUT2D eigenvalue weighted by molar-refractivity contribution is -0.148. The summed E-state index contributed by atoms with van der Waals surface area (Å²) in [6.07, 6.45) is 3.87. The number of Topliss-reactive ketones (excluding diaryl/α,β-unsaturated/α-hetero) is 1. The van der Waals surface area contributed by atoms with Gasteiger partial charge in [-0.3, -0.25) is 4.79 Å². The highest BCUT2D eigenvalue weighted by Crippen LogP contribution is 2.19. The molecule has 0 aromatic carbocycles. The van der Waals surface area contributed by atoms with E-state index in [4.69, 9.17) is 33.5 Å². The maximum absolute atomic E-state index is 12.0. The highest BCUT2D eigenvalue weighted by molar-refractivity contribution is 6.34. The third-order valence-corrected chi connectivity index (χ3v) is 2.80. The van der Waals surface area contributed by atoms with Crippen molar-refractivity contribution in [3.8, 4) is 0 Å². The van der Waals surface area contributed by atoms with E-state index in [9.17, 15) is 9.59 Å². The van der Waals surface area contributed by atoms with E-state index in [1.54, 1.807) is 20.8 Å². The average molecular weight is 344 g/mol. The zero-order valence-electron chi connectivity index (χ0n) is 12.3. The molecule has 1 heterocycles. The average Bonchev–Trinajstić information content (AvgIpc) is 2.42. The summed E-state index contributed by atoms with van der Waals surface area (Å²) in [6, 6.07) is 1.30. The first-order valence-electron chi connectivity index (χ1n) is 6.25. The Balaban J connectivity index is 3.07. The lowest BCUT2D eigenvalue weighted by Gasteiger charge is -2.17. The highest BCUT2D eigenvalue weighted by Gasteiger charge is 2.20. The molecule has 1 aromatic heterocycles. The molecule has 1 atom stereocenters. The number of esters is 1. The smallest absolute Gasteiger partial charge is 0.331 e. The number of carbonyl (C=O) groups is 2. The molecule has 0 amide bonds. The summed E-state index contributed by atoms with van der Waals surface area (Å²) < 4.78 is 5.12. The van der Waals surface area contributed by atoms with Gasteiger partial charge < -0.3 is 4.74 Å². The van der Waals surface area contributed by atoms with Crippen molar-refractivity contribution >= 4 is 41.0 Å². The third-order valence-electron chi connectivity index (χ3n) is 2.30. The SMILES string of the molecule is CC(C)(C)OC(=O)/C=C/c1cnc(Cl)cc1C(=O)C(Cl)N=N. The Labute approximate surface area is 138 Å². The summed E-state index contributed by atoms with van der Waals surface area (Å²) in [7, 11) is 0. The number of ketones is 1. The van der Waals surface area contributed by atoms with Gasteiger partial charge in [0.05, 0.1) is 0 Å². The zero-order valence-corrected chi connectivity index (χ0v) is 13.8. The van der Waals surface area contributed by atoms with Crippen LogP contribution in [0.3, 0.4) is 0 Å². The van der Waals surface area contributed by atoms with Crippen molar-refractivity contribution in [3.05, 3.63) is 34.6 Å². The monoisotopic (exact) mass is 343 g/mol. The predicted octanol–water partition coefficient (Wildman–Crippen LogP) is 3.87. The van der Waals surface area contributed by atoms with Crippen LogP contribution in [0.1, 0.15) is 36.7 Å². The first-order valence-corrected chi connectivity index (χ1v) is 7.07. The first-order chi connectivity index (χ1) is 10.1. The molecule has 0 radical (unpaired) electrons. The van der Waals surface area contributed by atoms with E-state index < -0.39 is 22.9 Å². The molecule has 6 nitrogen and oxygen atoms in total. The predicted molar refractivity (Wildman–Crippen MR) is 83.2 cm³/mol. The Kier molecular flexibility index (Phi) is 6.20. The molecule has 1 unspecified atom stereocenters. The molecule has 0 spiro atoms. The van der Waals surface area contributed by atoms with E-state index in [0.717, 1.165) is 0 Å². The Morgan fingerprint density at radius 3 is 2.64 bits per heavy atom. The normalized spacial score (nSPS) is 13.0. The molecule has 0 aliphatic heterocycles. The topological polar surface area (TPSA) is 92.5 Å². The fraction of sp³-hybridized carbons (Fsp3) is 0.357. The summed E-state index contributed by atoms with van der Waals surface area (Å²) in [5.41, 5.74) is 5.29. The van der Waals surface area contributed by atoms with Gasteiger partial charge >= 0.3 is 5.97 Å². The fourth-order valence-corrected chi connectivity index (χ4v) is 1.74. The zero-order chi connectivity index (χ0) is 16.9. The Morgan fingerprint density at radius 2 is 2.09 bits per heavy atom. The van der Waals surface area contributed by atoms with Gasteiger partial charge in [0, 0.05) is 23.4 Å². The minimum Gasteiger partial charge on any atom is -0.457 e. The minimum absolute atomic E-state index is 0.0895. The molecule has 118 valence electrons. The second-order valence-electron chi connectivity index (χ2n) is 5.29. The van der Waals surface area contributed by atoms with Crippen molar-refractivity contribution in [1.82, 2.24) is 4.98 Å². The lowest BCUT2D eigenvalue weighted by Crippen LogP contribution is -2.22. The van der Waals surface area contributed by atoms with Crippen LogP contribution in [0.25, 0.3) is 6.08 Å². The van der Waals surface area contributed by atoms with Crippen LogP contribution < -0.4 is 0 Å². The van der Waals surface area contributed by atoms with Gasteiger partial charge in [-0.1, -0.05) is 23.2 Å². The van der Waals surface area contributed by atoms with E-state index in [0.29, 0.717) is 5.56 Å². The Bertz CT molecular complexity index is 624. The first kappa shape index (κ1) is 18.3. The standard InChI is InChI=1S/C14H15Cl2N3O3/c1-14(2,3)22-11(20)5-4-8-7-18-10(15)6-9(8)12(21)13(16)19-17/h4-7,13,17H,1-3H3/b5-4+,19-17?. The van der Waals surface area contributed by atoms with Crippen LogP contribution in [-0.2, 0) is 9.53 Å². The molecule has 0 bridgehead atoms. The largest absolute Gasteiger partial charge is 0.457 e. The Morgan fingerprint density at radius 1 is 1.45 bits per heavy atom. The molecule has 8 heteroatoms. The number of nitrogens with one attached hydrogen (secondary N) is 1. The summed E-state index contributed by atoms with van der Waals surface area (Å²) in [6.45, 7) is 5.22. The number of halogens is 2. The number of carbonyl (C=O) groups excluding carboxylic acids is 2. The van der Waals surface area contributed by atoms with Crippen LogP contribution in [0.4, 0.5) is 0 Å². The van der Waals surface area contributed by atoms with E-state index in [1.165, 1.54) is 24.4 Å². The van der Waals surface area contributed by atoms with Crippen molar-refractivity contribution in [3.63, 3.8) is 0 Å². The van der Waals surface area contributed by atoms with Crippen LogP contribution in [0, 0.1) is 5.53 Å². The van der Waals surface area contributed by atoms with Crippen LogP contribution in [-0.4, -0.2) is 27.8 Å². The number of pyridine rings is 1. The molecule has 0 fully saturated rings. The number of hydrogen-bond donors (Lipinski definition) is 1. The van der Waals surface area contributed by atoms with E-state index >= 15 is 0 Å². The van der Waals surface area contributed by atoms with Gasteiger partial charge in [-0.25, -0.2) is 15.3 Å². The van der Waals surface area contributed by atoms with Gasteiger partial charge in [0.25, 0.3) is 0 Å². The van der Waals surface area contributed by atoms with Crippen LogP contribution >= 0.6 is 23.2 Å². The molecule has 0 aliphatic rings. The quantitative estimate of drug-likeness (QED) is 0.167. The minimum atomic E-state index is -1.35. The second-order valence-corrected chi connectivity index (χ2v) is 6.09. The maximum Gasteiger partial charge on any atom is 0.331 e. The molecule has 1 N–H and O–H groups in total. The van der Waals surface area contributed by atoms with E-state index in [2.05, 4.69) is 10.1 Å². The number of hydrogen-bond acceptors (Lipinski definition) is 6. The van der Waals surface area contributed by atoms with Crippen LogP contribution in [0.2, 0.25) is 5.15 Å². The fourth-order valence-electron chi connectivity index (χ4n) is 1.47. The number of alkyl halides is 1. The van der Waals surface area contributed by atoms with Gasteiger partial charge in [0.1, 0.15) is 10.8 Å². The maximum atomic E-state index is 12.0. The van der Waals surface area contributed by atoms with Gasteiger partial charge in [-0.2, -0.15) is 5.11 Å². The summed E-state index contributed by atoms with van der Waals surface area (Å²) in [4.78, 5) is 27.5. The highest BCUT2D eigenvalue weighted by atomic mass is 35.5. The van der Waals surface area contributed by atoms with Gasteiger partial charge in [-0.15, -0.1) is 0 Å². The van der Waals surface area contributed by atoms with E-state index in [-0.39, 0.29) is 10.7 Å². The van der Waals surface area contributed by atoms with Gasteiger partial charge in [-0.05, 0) is 32.9 Å². The molecule has 22 heavy (non-hydrogen) atoms.